The predicted octanol–water partition coefficient (Wildman–Crippen LogP) is 2.23. The SMILES string of the molecule is COCC(C)(C)NC(=O)c1cccc(-c2cnc[nH]2)c1. The number of hydrogen-bond donors (Lipinski definition) is 2. The highest BCUT2D eigenvalue weighted by Crippen LogP contribution is 2.17. The van der Waals surface area contributed by atoms with Crippen LogP contribution in [0.15, 0.2) is 36.8 Å². The van der Waals surface area contributed by atoms with E-state index >= 15 is 0 Å². The van der Waals surface area contributed by atoms with Crippen molar-refractivity contribution in [3.63, 3.8) is 0 Å². The Morgan fingerprint density at radius 1 is 1.45 bits per heavy atom. The molecule has 2 N–H and O–H groups in total. The second-order valence-electron chi connectivity index (χ2n) is 5.32. The second-order valence-corrected chi connectivity index (χ2v) is 5.32. The minimum absolute atomic E-state index is 0.117. The normalized spacial score (nSPS) is 11.3. The first-order valence-corrected chi connectivity index (χ1v) is 6.42. The Bertz CT molecular complexity index is 577. The lowest BCUT2D eigenvalue weighted by atomic mass is 10.0. The molecule has 0 bridgehead atoms. The zero-order chi connectivity index (χ0) is 14.6. The molecule has 1 heterocycles. The van der Waals surface area contributed by atoms with Crippen molar-refractivity contribution in [1.82, 2.24) is 15.3 Å². The van der Waals surface area contributed by atoms with Gasteiger partial charge in [-0.25, -0.2) is 4.98 Å². The van der Waals surface area contributed by atoms with Crippen LogP contribution in [0.5, 0.6) is 0 Å². The Morgan fingerprint density at radius 2 is 2.25 bits per heavy atom. The summed E-state index contributed by atoms with van der Waals surface area (Å²) in [7, 11) is 1.62. The fourth-order valence-electron chi connectivity index (χ4n) is 2.02. The van der Waals surface area contributed by atoms with E-state index in [4.69, 9.17) is 4.74 Å². The molecule has 0 aliphatic heterocycles. The van der Waals surface area contributed by atoms with Crippen molar-refractivity contribution in [3.8, 4) is 11.3 Å². The molecule has 1 amide bonds. The number of nitrogens with zero attached hydrogens (tertiary/aromatic N) is 1. The molecule has 1 aromatic heterocycles. The molecule has 0 aliphatic carbocycles. The summed E-state index contributed by atoms with van der Waals surface area (Å²) in [5.41, 5.74) is 2.02. The van der Waals surface area contributed by atoms with Crippen LogP contribution in [-0.4, -0.2) is 35.1 Å². The molecule has 0 spiro atoms. The number of nitrogens with one attached hydrogen (secondary N) is 2. The predicted molar refractivity (Wildman–Crippen MR) is 77.4 cm³/mol. The minimum Gasteiger partial charge on any atom is -0.382 e. The monoisotopic (exact) mass is 273 g/mol. The molecule has 0 radical (unpaired) electrons. The Balaban J connectivity index is 2.17. The van der Waals surface area contributed by atoms with E-state index < -0.39 is 5.54 Å². The molecule has 0 fully saturated rings. The van der Waals surface area contributed by atoms with Gasteiger partial charge in [0.15, 0.2) is 0 Å². The third kappa shape index (κ3) is 3.45. The van der Waals surface area contributed by atoms with Crippen LogP contribution in [0.1, 0.15) is 24.2 Å². The molecular weight excluding hydrogens is 254 g/mol. The number of rotatable bonds is 5. The molecule has 2 rings (SSSR count). The molecule has 2 aromatic rings. The largest absolute Gasteiger partial charge is 0.382 e. The van der Waals surface area contributed by atoms with E-state index in [2.05, 4.69) is 15.3 Å². The molecule has 1 aromatic carbocycles. The van der Waals surface area contributed by atoms with Crippen LogP contribution in [0, 0.1) is 0 Å². The molecule has 0 aliphatic rings. The minimum atomic E-state index is -0.407. The van der Waals surface area contributed by atoms with Crippen molar-refractivity contribution in [2.75, 3.05) is 13.7 Å². The van der Waals surface area contributed by atoms with Crippen LogP contribution < -0.4 is 5.32 Å². The summed E-state index contributed by atoms with van der Waals surface area (Å²) in [5.74, 6) is -0.117. The van der Waals surface area contributed by atoms with E-state index in [-0.39, 0.29) is 5.91 Å². The number of carbonyl (C=O) groups excluding carboxylic acids is 1. The van der Waals surface area contributed by atoms with Crippen LogP contribution in [0.4, 0.5) is 0 Å². The standard InChI is InChI=1S/C15H19N3O2/c1-15(2,9-20-3)18-14(19)12-6-4-5-11(7-12)13-8-16-10-17-13/h4-8,10H,9H2,1-3H3,(H,16,17)(H,18,19). The number of benzene rings is 1. The van der Waals surface area contributed by atoms with E-state index in [0.717, 1.165) is 11.3 Å². The topological polar surface area (TPSA) is 67.0 Å². The molecule has 0 saturated heterocycles. The third-order valence-electron chi connectivity index (χ3n) is 2.89. The van der Waals surface area contributed by atoms with Gasteiger partial charge in [-0.3, -0.25) is 4.79 Å². The Labute approximate surface area is 118 Å². The van der Waals surface area contributed by atoms with Crippen LogP contribution in [0.3, 0.4) is 0 Å². The van der Waals surface area contributed by atoms with E-state index in [9.17, 15) is 4.79 Å². The Morgan fingerprint density at radius 3 is 2.90 bits per heavy atom. The third-order valence-corrected chi connectivity index (χ3v) is 2.89. The van der Waals surface area contributed by atoms with Gasteiger partial charge in [0.25, 0.3) is 5.91 Å². The highest BCUT2D eigenvalue weighted by Gasteiger charge is 2.21. The summed E-state index contributed by atoms with van der Waals surface area (Å²) in [5, 5.41) is 2.96. The maximum Gasteiger partial charge on any atom is 0.251 e. The maximum atomic E-state index is 12.3. The molecule has 0 unspecified atom stereocenters. The number of carbonyl (C=O) groups is 1. The first kappa shape index (κ1) is 14.3. The van der Waals surface area contributed by atoms with Crippen molar-refractivity contribution < 1.29 is 9.53 Å². The number of imidazole rings is 1. The average molecular weight is 273 g/mol. The van der Waals surface area contributed by atoms with Crippen molar-refractivity contribution in [3.05, 3.63) is 42.4 Å². The molecule has 5 heteroatoms. The van der Waals surface area contributed by atoms with Gasteiger partial charge in [0.1, 0.15) is 0 Å². The molecule has 20 heavy (non-hydrogen) atoms. The van der Waals surface area contributed by atoms with Gasteiger partial charge in [0, 0.05) is 18.2 Å². The quantitative estimate of drug-likeness (QED) is 0.878. The summed E-state index contributed by atoms with van der Waals surface area (Å²) < 4.78 is 5.10. The average Bonchev–Trinajstić information content (AvgIpc) is 2.92. The summed E-state index contributed by atoms with van der Waals surface area (Å²) in [6.45, 7) is 4.30. The number of aromatic nitrogens is 2. The maximum absolute atomic E-state index is 12.3. The number of aromatic amines is 1. The van der Waals surface area contributed by atoms with E-state index in [1.807, 2.05) is 32.0 Å². The summed E-state index contributed by atoms with van der Waals surface area (Å²) in [6, 6.07) is 7.42. The number of H-pyrrole nitrogens is 1. The van der Waals surface area contributed by atoms with Gasteiger partial charge in [-0.1, -0.05) is 12.1 Å². The molecule has 106 valence electrons. The fourth-order valence-corrected chi connectivity index (χ4v) is 2.02. The zero-order valence-corrected chi connectivity index (χ0v) is 11.9. The molecule has 0 atom stereocenters. The number of hydrogen-bond acceptors (Lipinski definition) is 3. The van der Waals surface area contributed by atoms with Crippen molar-refractivity contribution >= 4 is 5.91 Å². The summed E-state index contributed by atoms with van der Waals surface area (Å²) in [6.07, 6.45) is 3.34. The van der Waals surface area contributed by atoms with Gasteiger partial charge in [-0.15, -0.1) is 0 Å². The number of ether oxygens (including phenoxy) is 1. The second kappa shape index (κ2) is 5.88. The Hall–Kier alpha value is -2.14. The van der Waals surface area contributed by atoms with Crippen LogP contribution in [0.25, 0.3) is 11.3 Å². The van der Waals surface area contributed by atoms with Gasteiger partial charge in [0.2, 0.25) is 0 Å². The first-order chi connectivity index (χ1) is 9.52. The lowest BCUT2D eigenvalue weighted by Crippen LogP contribution is -2.46. The zero-order valence-electron chi connectivity index (χ0n) is 11.9. The van der Waals surface area contributed by atoms with Crippen LogP contribution >= 0.6 is 0 Å². The van der Waals surface area contributed by atoms with Gasteiger partial charge >= 0.3 is 0 Å². The van der Waals surface area contributed by atoms with Crippen LogP contribution in [0.2, 0.25) is 0 Å². The number of amides is 1. The fraction of sp³-hybridized carbons (Fsp3) is 0.333. The van der Waals surface area contributed by atoms with Gasteiger partial charge < -0.3 is 15.0 Å². The van der Waals surface area contributed by atoms with Gasteiger partial charge in [-0.2, -0.15) is 0 Å². The van der Waals surface area contributed by atoms with Crippen molar-refractivity contribution in [1.29, 1.82) is 0 Å². The van der Waals surface area contributed by atoms with E-state index in [1.165, 1.54) is 0 Å². The molecule has 5 nitrogen and oxygen atoms in total. The van der Waals surface area contributed by atoms with Crippen LogP contribution in [-0.2, 0) is 4.74 Å². The van der Waals surface area contributed by atoms with E-state index in [0.29, 0.717) is 12.2 Å². The summed E-state index contributed by atoms with van der Waals surface area (Å²) in [4.78, 5) is 19.3. The smallest absolute Gasteiger partial charge is 0.251 e. The lowest BCUT2D eigenvalue weighted by Gasteiger charge is -2.25. The molecular formula is C15H19N3O2. The summed E-state index contributed by atoms with van der Waals surface area (Å²) >= 11 is 0. The first-order valence-electron chi connectivity index (χ1n) is 6.42. The lowest BCUT2D eigenvalue weighted by molar-refractivity contribution is 0.0820. The van der Waals surface area contributed by atoms with Crippen molar-refractivity contribution in [2.45, 2.75) is 19.4 Å². The highest BCUT2D eigenvalue weighted by atomic mass is 16.5. The highest BCUT2D eigenvalue weighted by molar-refractivity contribution is 5.95. The molecule has 0 saturated carbocycles. The van der Waals surface area contributed by atoms with Gasteiger partial charge in [-0.05, 0) is 26.0 Å². The van der Waals surface area contributed by atoms with E-state index in [1.54, 1.807) is 25.7 Å². The van der Waals surface area contributed by atoms with Crippen molar-refractivity contribution in [2.24, 2.45) is 0 Å². The van der Waals surface area contributed by atoms with Gasteiger partial charge in [0.05, 0.1) is 30.4 Å². The Kier molecular flexibility index (Phi) is 4.20. The number of methoxy groups -OCH3 is 1.